The number of rotatable bonds is 4. The van der Waals surface area contributed by atoms with Crippen LogP contribution in [0.15, 0.2) is 58.9 Å². The van der Waals surface area contributed by atoms with E-state index in [-0.39, 0.29) is 11.5 Å². The lowest BCUT2D eigenvalue weighted by atomic mass is 9.98. The van der Waals surface area contributed by atoms with E-state index in [0.717, 1.165) is 28.2 Å². The quantitative estimate of drug-likeness (QED) is 0.595. The summed E-state index contributed by atoms with van der Waals surface area (Å²) < 4.78 is 22.9. The van der Waals surface area contributed by atoms with Gasteiger partial charge >= 0.3 is 0 Å². The van der Waals surface area contributed by atoms with Crippen molar-refractivity contribution in [3.05, 3.63) is 82.5 Å². The summed E-state index contributed by atoms with van der Waals surface area (Å²) in [5, 5.41) is 0. The zero-order chi connectivity index (χ0) is 20.7. The fourth-order valence-corrected chi connectivity index (χ4v) is 3.95. The molecule has 5 rings (SSSR count). The molecule has 6 heteroatoms. The van der Waals surface area contributed by atoms with Crippen molar-refractivity contribution in [1.29, 1.82) is 0 Å². The minimum atomic E-state index is -0.136. The molecular formula is C24H21NO5. The van der Waals surface area contributed by atoms with Crippen LogP contribution in [0.25, 0.3) is 6.08 Å². The zero-order valence-electron chi connectivity index (χ0n) is 16.8. The Labute approximate surface area is 174 Å². The summed E-state index contributed by atoms with van der Waals surface area (Å²) in [7, 11) is 1.67. The number of Topliss-reactive ketones (excluding diaryl/α,β-unsaturated/α-hetero) is 1. The molecular weight excluding hydrogens is 382 g/mol. The highest BCUT2D eigenvalue weighted by Crippen LogP contribution is 2.44. The van der Waals surface area contributed by atoms with Crippen LogP contribution in [0.1, 0.15) is 32.8 Å². The van der Waals surface area contributed by atoms with Crippen molar-refractivity contribution < 1.29 is 23.4 Å². The number of ketones is 1. The van der Waals surface area contributed by atoms with Crippen LogP contribution in [0.4, 0.5) is 0 Å². The van der Waals surface area contributed by atoms with E-state index in [2.05, 4.69) is 4.90 Å². The molecule has 0 saturated carbocycles. The maximum atomic E-state index is 13.0. The molecule has 0 atom stereocenters. The number of allylic oxidation sites excluding steroid dienone is 1. The molecule has 2 aliphatic rings. The van der Waals surface area contributed by atoms with E-state index in [4.69, 9.17) is 18.6 Å². The number of hydrogen-bond donors (Lipinski definition) is 0. The molecule has 2 aliphatic heterocycles. The van der Waals surface area contributed by atoms with Crippen molar-refractivity contribution in [2.75, 3.05) is 13.8 Å². The molecule has 2 aromatic carbocycles. The van der Waals surface area contributed by atoms with Gasteiger partial charge < -0.3 is 18.6 Å². The van der Waals surface area contributed by atoms with E-state index in [0.29, 0.717) is 36.9 Å². The molecule has 0 N–H and O–H groups in total. The van der Waals surface area contributed by atoms with E-state index in [1.54, 1.807) is 31.6 Å². The summed E-state index contributed by atoms with van der Waals surface area (Å²) in [4.78, 5) is 15.1. The van der Waals surface area contributed by atoms with Crippen LogP contribution in [-0.4, -0.2) is 24.5 Å². The molecule has 1 aromatic heterocycles. The van der Waals surface area contributed by atoms with E-state index < -0.39 is 0 Å². The number of methoxy groups -OCH3 is 1. The molecule has 3 heterocycles. The van der Waals surface area contributed by atoms with Crippen molar-refractivity contribution in [3.8, 4) is 17.2 Å². The van der Waals surface area contributed by atoms with Crippen LogP contribution in [-0.2, 0) is 13.1 Å². The molecule has 0 unspecified atom stereocenters. The number of nitrogens with zero attached hydrogens (tertiary/aromatic N) is 1. The van der Waals surface area contributed by atoms with Gasteiger partial charge in [0.15, 0.2) is 5.76 Å². The summed E-state index contributed by atoms with van der Waals surface area (Å²) in [5.74, 6) is 2.88. The van der Waals surface area contributed by atoms with Gasteiger partial charge in [0.05, 0.1) is 24.5 Å². The summed E-state index contributed by atoms with van der Waals surface area (Å²) in [6.07, 6.45) is 3.19. The Hall–Kier alpha value is -3.51. The lowest BCUT2D eigenvalue weighted by Gasteiger charge is -2.30. The number of hydrogen-bond acceptors (Lipinski definition) is 6. The molecule has 30 heavy (non-hydrogen) atoms. The van der Waals surface area contributed by atoms with Crippen LogP contribution in [0, 0.1) is 6.92 Å². The van der Waals surface area contributed by atoms with Crippen molar-refractivity contribution in [2.45, 2.75) is 20.0 Å². The molecule has 0 radical (unpaired) electrons. The lowest BCUT2D eigenvalue weighted by Crippen LogP contribution is -2.32. The smallest absolute Gasteiger partial charge is 0.232 e. The number of para-hydroxylation sites is 1. The third kappa shape index (κ3) is 3.15. The van der Waals surface area contributed by atoms with Crippen molar-refractivity contribution in [1.82, 2.24) is 4.90 Å². The van der Waals surface area contributed by atoms with Crippen LogP contribution in [0.3, 0.4) is 0 Å². The van der Waals surface area contributed by atoms with Gasteiger partial charge in [-0.05, 0) is 36.8 Å². The van der Waals surface area contributed by atoms with Crippen molar-refractivity contribution >= 4 is 11.9 Å². The molecule has 6 nitrogen and oxygen atoms in total. The second kappa shape index (κ2) is 7.39. The monoisotopic (exact) mass is 403 g/mol. The van der Waals surface area contributed by atoms with Gasteiger partial charge in [0.1, 0.15) is 29.7 Å². The van der Waals surface area contributed by atoms with Gasteiger partial charge in [-0.25, -0.2) is 0 Å². The number of fused-ring (bicyclic) bond motifs is 3. The zero-order valence-corrected chi connectivity index (χ0v) is 16.8. The van der Waals surface area contributed by atoms with Crippen LogP contribution in [0.5, 0.6) is 17.2 Å². The Morgan fingerprint density at radius 1 is 1.20 bits per heavy atom. The number of carbonyl (C=O) groups excluding carboxylic acids is 1. The first-order valence-electron chi connectivity index (χ1n) is 9.75. The molecule has 0 spiro atoms. The first kappa shape index (κ1) is 18.5. The molecule has 0 fully saturated rings. The molecule has 0 bridgehead atoms. The van der Waals surface area contributed by atoms with Gasteiger partial charge in [0.2, 0.25) is 5.78 Å². The highest BCUT2D eigenvalue weighted by atomic mass is 16.5. The first-order chi connectivity index (χ1) is 14.6. The first-order valence-corrected chi connectivity index (χ1v) is 9.75. The van der Waals surface area contributed by atoms with Gasteiger partial charge in [-0.1, -0.05) is 18.2 Å². The number of carbonyl (C=O) groups is 1. The van der Waals surface area contributed by atoms with Gasteiger partial charge in [-0.3, -0.25) is 9.69 Å². The molecule has 0 aliphatic carbocycles. The number of ether oxygens (including phenoxy) is 3. The van der Waals surface area contributed by atoms with E-state index in [1.165, 1.54) is 0 Å². The van der Waals surface area contributed by atoms with Gasteiger partial charge in [-0.15, -0.1) is 0 Å². The second-order valence-electron chi connectivity index (χ2n) is 7.40. The predicted molar refractivity (Wildman–Crippen MR) is 111 cm³/mol. The lowest BCUT2D eigenvalue weighted by molar-refractivity contribution is 0.0864. The number of benzene rings is 2. The molecule has 0 amide bonds. The number of furan rings is 1. The maximum absolute atomic E-state index is 13.0. The summed E-state index contributed by atoms with van der Waals surface area (Å²) in [5.41, 5.74) is 3.39. The summed E-state index contributed by atoms with van der Waals surface area (Å²) in [6, 6.07) is 13.4. The van der Waals surface area contributed by atoms with Crippen LogP contribution >= 0.6 is 0 Å². The largest absolute Gasteiger partial charge is 0.496 e. The van der Waals surface area contributed by atoms with E-state index >= 15 is 0 Å². The van der Waals surface area contributed by atoms with Gasteiger partial charge in [-0.2, -0.15) is 0 Å². The Morgan fingerprint density at radius 2 is 2.07 bits per heavy atom. The third-order valence-electron chi connectivity index (χ3n) is 5.39. The highest BCUT2D eigenvalue weighted by Gasteiger charge is 2.35. The summed E-state index contributed by atoms with van der Waals surface area (Å²) in [6.45, 7) is 3.62. The molecule has 3 aromatic rings. The predicted octanol–water partition coefficient (Wildman–Crippen LogP) is 4.56. The minimum Gasteiger partial charge on any atom is -0.496 e. The van der Waals surface area contributed by atoms with Crippen molar-refractivity contribution in [3.63, 3.8) is 0 Å². The van der Waals surface area contributed by atoms with E-state index in [1.807, 2.05) is 37.3 Å². The topological polar surface area (TPSA) is 61.1 Å². The molecule has 0 saturated heterocycles. The normalized spacial score (nSPS) is 16.7. The second-order valence-corrected chi connectivity index (χ2v) is 7.40. The fraction of sp³-hybridized carbons (Fsp3) is 0.208. The Bertz CT molecular complexity index is 1150. The number of aryl methyl sites for hydroxylation is 1. The van der Waals surface area contributed by atoms with Gasteiger partial charge in [0.25, 0.3) is 0 Å². The highest BCUT2D eigenvalue weighted by molar-refractivity contribution is 6.15. The average Bonchev–Trinajstić information content (AvgIpc) is 3.38. The van der Waals surface area contributed by atoms with Gasteiger partial charge in [0, 0.05) is 24.7 Å². The Morgan fingerprint density at radius 3 is 2.87 bits per heavy atom. The minimum absolute atomic E-state index is 0.136. The van der Waals surface area contributed by atoms with Crippen LogP contribution in [0.2, 0.25) is 0 Å². The molecule has 152 valence electrons. The fourth-order valence-electron chi connectivity index (χ4n) is 3.95. The Balaban J connectivity index is 1.47. The SMILES string of the molecule is COc1ccccc1CN1COc2cc(C)c3c(c2C1)O/C(=C\c1ccco1)C3=O. The van der Waals surface area contributed by atoms with Crippen molar-refractivity contribution in [2.24, 2.45) is 0 Å². The van der Waals surface area contributed by atoms with E-state index in [9.17, 15) is 4.79 Å². The van der Waals surface area contributed by atoms with Crippen LogP contribution < -0.4 is 14.2 Å². The summed E-state index contributed by atoms with van der Waals surface area (Å²) >= 11 is 0. The average molecular weight is 403 g/mol. The Kier molecular flexibility index (Phi) is 4.56. The maximum Gasteiger partial charge on any atom is 0.232 e. The standard InChI is InChI=1S/C24H21NO5/c1-15-10-20-18(13-25(14-29-20)12-16-6-3-4-8-19(16)27-2)24-22(15)23(26)21(30-24)11-17-7-5-9-28-17/h3-11H,12-14H2,1-2H3/b21-11-. The third-order valence-corrected chi connectivity index (χ3v) is 5.39.